The molecule has 1 N–H and O–H groups in total. The third-order valence-corrected chi connectivity index (χ3v) is 5.60. The number of alkyl halides is 3. The number of aliphatic hydroxyl groups is 1. The van der Waals surface area contributed by atoms with Crippen molar-refractivity contribution in [3.63, 3.8) is 0 Å². The van der Waals surface area contributed by atoms with E-state index in [0.717, 1.165) is 37.9 Å². The van der Waals surface area contributed by atoms with Crippen molar-refractivity contribution in [3.05, 3.63) is 53.6 Å². The van der Waals surface area contributed by atoms with Gasteiger partial charge in [-0.05, 0) is 72.2 Å². The number of halogens is 3. The lowest BCUT2D eigenvalue weighted by Gasteiger charge is -2.33. The zero-order valence-corrected chi connectivity index (χ0v) is 14.9. The molecule has 4 rings (SSSR count). The lowest BCUT2D eigenvalue weighted by molar-refractivity contribution is -0.274. The van der Waals surface area contributed by atoms with Crippen molar-refractivity contribution in [2.24, 2.45) is 0 Å². The average molecular weight is 377 g/mol. The Morgan fingerprint density at radius 1 is 1.07 bits per heavy atom. The minimum absolute atomic E-state index is 0.186. The summed E-state index contributed by atoms with van der Waals surface area (Å²) >= 11 is 0. The smallest absolute Gasteiger partial charge is 0.406 e. The van der Waals surface area contributed by atoms with Crippen molar-refractivity contribution < 1.29 is 23.0 Å². The van der Waals surface area contributed by atoms with Gasteiger partial charge in [0.05, 0.1) is 0 Å². The summed E-state index contributed by atoms with van der Waals surface area (Å²) in [7, 11) is 0. The van der Waals surface area contributed by atoms with Gasteiger partial charge in [-0.25, -0.2) is 0 Å². The number of aliphatic hydroxyl groups excluding tert-OH is 1. The SMILES string of the molecule is OCCCN1CCC2C[C@H]1c1cc(-c3cccc(OC(F)(F)F)c3)ccc12. The molecule has 27 heavy (non-hydrogen) atoms. The van der Waals surface area contributed by atoms with Gasteiger partial charge in [-0.1, -0.05) is 24.3 Å². The van der Waals surface area contributed by atoms with Crippen molar-refractivity contribution in [2.75, 3.05) is 19.7 Å². The van der Waals surface area contributed by atoms with Crippen LogP contribution in [0.15, 0.2) is 42.5 Å². The second-order valence-electron chi connectivity index (χ2n) is 7.27. The van der Waals surface area contributed by atoms with Gasteiger partial charge in [0.15, 0.2) is 0 Å². The molecule has 2 bridgehead atoms. The van der Waals surface area contributed by atoms with Crippen LogP contribution in [0.25, 0.3) is 11.1 Å². The first-order valence-electron chi connectivity index (χ1n) is 9.29. The number of rotatable bonds is 5. The van der Waals surface area contributed by atoms with E-state index in [0.29, 0.717) is 17.5 Å². The Hall–Kier alpha value is -2.05. The molecule has 2 aromatic rings. The van der Waals surface area contributed by atoms with Crippen LogP contribution in [0.5, 0.6) is 5.75 Å². The van der Waals surface area contributed by atoms with E-state index in [1.807, 2.05) is 6.07 Å². The predicted molar refractivity (Wildman–Crippen MR) is 96.6 cm³/mol. The van der Waals surface area contributed by atoms with Crippen LogP contribution < -0.4 is 4.74 Å². The summed E-state index contributed by atoms with van der Waals surface area (Å²) in [6.45, 7) is 2.08. The van der Waals surface area contributed by atoms with E-state index in [9.17, 15) is 13.2 Å². The summed E-state index contributed by atoms with van der Waals surface area (Å²) in [5, 5.41) is 9.14. The van der Waals surface area contributed by atoms with E-state index < -0.39 is 6.36 Å². The first-order valence-corrected chi connectivity index (χ1v) is 9.29. The van der Waals surface area contributed by atoms with E-state index in [1.165, 1.54) is 23.3 Å². The third-order valence-electron chi connectivity index (χ3n) is 5.60. The maximum atomic E-state index is 12.5. The van der Waals surface area contributed by atoms with E-state index in [1.54, 1.807) is 12.1 Å². The second-order valence-corrected chi connectivity index (χ2v) is 7.27. The van der Waals surface area contributed by atoms with Crippen LogP contribution in [0.2, 0.25) is 0 Å². The Balaban J connectivity index is 1.63. The van der Waals surface area contributed by atoms with Crippen LogP contribution in [-0.2, 0) is 0 Å². The molecule has 6 heteroatoms. The fraction of sp³-hybridized carbons (Fsp3) is 0.429. The summed E-state index contributed by atoms with van der Waals surface area (Å²) in [5.41, 5.74) is 4.24. The number of piperidine rings is 1. The molecule has 1 aliphatic carbocycles. The summed E-state index contributed by atoms with van der Waals surface area (Å²) in [6.07, 6.45) is -1.74. The van der Waals surface area contributed by atoms with E-state index in [4.69, 9.17) is 5.11 Å². The maximum Gasteiger partial charge on any atom is 0.573 e. The van der Waals surface area contributed by atoms with Crippen molar-refractivity contribution >= 4 is 0 Å². The highest BCUT2D eigenvalue weighted by Crippen LogP contribution is 2.49. The van der Waals surface area contributed by atoms with Crippen molar-refractivity contribution in [2.45, 2.75) is 37.6 Å². The topological polar surface area (TPSA) is 32.7 Å². The van der Waals surface area contributed by atoms with Gasteiger partial charge in [-0.3, -0.25) is 4.90 Å². The summed E-state index contributed by atoms with van der Waals surface area (Å²) in [6, 6.07) is 12.7. The molecule has 0 saturated carbocycles. The molecule has 1 saturated heterocycles. The monoisotopic (exact) mass is 377 g/mol. The lowest BCUT2D eigenvalue weighted by atomic mass is 9.95. The molecular formula is C21H22F3NO2. The molecule has 3 nitrogen and oxygen atoms in total. The fourth-order valence-electron chi connectivity index (χ4n) is 4.45. The number of ether oxygens (including phenoxy) is 1. The Morgan fingerprint density at radius 2 is 1.89 bits per heavy atom. The normalized spacial score (nSPS) is 21.9. The number of hydrogen-bond donors (Lipinski definition) is 1. The van der Waals surface area contributed by atoms with Gasteiger partial charge in [0.2, 0.25) is 0 Å². The summed E-state index contributed by atoms with van der Waals surface area (Å²) in [4.78, 5) is 2.42. The van der Waals surface area contributed by atoms with Gasteiger partial charge in [-0.2, -0.15) is 0 Å². The fourth-order valence-corrected chi connectivity index (χ4v) is 4.45. The number of nitrogens with zero attached hydrogens (tertiary/aromatic N) is 1. The van der Waals surface area contributed by atoms with Crippen LogP contribution in [0.3, 0.4) is 0 Å². The van der Waals surface area contributed by atoms with Gasteiger partial charge < -0.3 is 9.84 Å². The lowest BCUT2D eigenvalue weighted by Crippen LogP contribution is -2.33. The molecule has 2 aliphatic rings. The molecule has 0 spiro atoms. The quantitative estimate of drug-likeness (QED) is 0.807. The molecule has 1 heterocycles. The Labute approximate surface area is 156 Å². The van der Waals surface area contributed by atoms with E-state index >= 15 is 0 Å². The number of hydrogen-bond acceptors (Lipinski definition) is 3. The standard InChI is InChI=1S/C21H22F3NO2/c22-21(23,24)27-17-4-1-3-14(11-17)15-5-6-18-16-7-9-25(8-2-10-26)20(13-16)19(18)12-15/h1,3-6,11-12,16,20,26H,2,7-10,13H2/t16?,20-/m0/s1. The Bertz CT molecular complexity index is 819. The van der Waals surface area contributed by atoms with Crippen molar-refractivity contribution in [1.82, 2.24) is 4.90 Å². The van der Waals surface area contributed by atoms with Gasteiger partial charge in [0.25, 0.3) is 0 Å². The van der Waals surface area contributed by atoms with Crippen LogP contribution in [-0.4, -0.2) is 36.1 Å². The molecule has 2 atom stereocenters. The molecule has 0 amide bonds. The zero-order chi connectivity index (χ0) is 19.0. The van der Waals surface area contributed by atoms with Gasteiger partial charge >= 0.3 is 6.36 Å². The Kier molecular flexibility index (Phi) is 4.86. The first kappa shape index (κ1) is 18.3. The molecule has 1 aliphatic heterocycles. The third kappa shape index (κ3) is 3.82. The van der Waals surface area contributed by atoms with Crippen LogP contribution in [0.1, 0.15) is 42.3 Å². The molecular weight excluding hydrogens is 355 g/mol. The summed E-state index contributed by atoms with van der Waals surface area (Å²) in [5.74, 6) is 0.355. The van der Waals surface area contributed by atoms with Crippen LogP contribution >= 0.6 is 0 Å². The van der Waals surface area contributed by atoms with Crippen molar-refractivity contribution in [1.29, 1.82) is 0 Å². The predicted octanol–water partition coefficient (Wildman–Crippen LogP) is 4.87. The first-order chi connectivity index (χ1) is 12.9. The van der Waals surface area contributed by atoms with Crippen LogP contribution in [0, 0.1) is 0 Å². The van der Waals surface area contributed by atoms with Crippen LogP contribution in [0.4, 0.5) is 13.2 Å². The zero-order valence-electron chi connectivity index (χ0n) is 14.9. The molecule has 144 valence electrons. The average Bonchev–Trinajstić information content (AvgIpc) is 2.93. The largest absolute Gasteiger partial charge is 0.573 e. The van der Waals surface area contributed by atoms with Gasteiger partial charge in [0.1, 0.15) is 5.75 Å². The van der Waals surface area contributed by atoms with Crippen molar-refractivity contribution in [3.8, 4) is 16.9 Å². The maximum absolute atomic E-state index is 12.5. The van der Waals surface area contributed by atoms with E-state index in [2.05, 4.69) is 21.8 Å². The molecule has 2 aromatic carbocycles. The highest BCUT2D eigenvalue weighted by Gasteiger charge is 2.38. The molecule has 1 fully saturated rings. The summed E-state index contributed by atoms with van der Waals surface area (Å²) < 4.78 is 41.6. The molecule has 0 radical (unpaired) electrons. The molecule has 0 aromatic heterocycles. The highest BCUT2D eigenvalue weighted by atomic mass is 19.4. The van der Waals surface area contributed by atoms with Gasteiger partial charge in [-0.15, -0.1) is 13.2 Å². The second kappa shape index (κ2) is 7.17. The minimum atomic E-state index is -4.69. The number of likely N-dealkylation sites (tertiary alicyclic amines) is 1. The molecule has 1 unspecified atom stereocenters. The highest BCUT2D eigenvalue weighted by molar-refractivity contribution is 5.67. The minimum Gasteiger partial charge on any atom is -0.406 e. The number of fused-ring (bicyclic) bond motifs is 5. The Morgan fingerprint density at radius 3 is 2.67 bits per heavy atom. The van der Waals surface area contributed by atoms with Gasteiger partial charge in [0, 0.05) is 19.2 Å². The number of benzene rings is 2. The van der Waals surface area contributed by atoms with E-state index in [-0.39, 0.29) is 12.4 Å².